The zero-order valence-electron chi connectivity index (χ0n) is 10.9. The second kappa shape index (κ2) is 6.46. The lowest BCUT2D eigenvalue weighted by Gasteiger charge is -2.18. The van der Waals surface area contributed by atoms with Gasteiger partial charge in [0.1, 0.15) is 0 Å². The lowest BCUT2D eigenvalue weighted by molar-refractivity contribution is -0.124. The molecule has 0 unspecified atom stereocenters. The zero-order chi connectivity index (χ0) is 14.7. The number of rotatable bonds is 4. The SMILES string of the molecule is NC(=O)[C@@H]1CCC[C@@H]1NC(=O)Cc1cccc(Cl)c1Cl. The molecule has 0 bridgehead atoms. The predicted molar refractivity (Wildman–Crippen MR) is 78.6 cm³/mol. The van der Waals surface area contributed by atoms with E-state index in [2.05, 4.69) is 5.32 Å². The molecule has 108 valence electrons. The number of nitrogens with one attached hydrogen (secondary N) is 1. The van der Waals surface area contributed by atoms with E-state index in [1.54, 1.807) is 18.2 Å². The minimum absolute atomic E-state index is 0.140. The summed E-state index contributed by atoms with van der Waals surface area (Å²) in [6.07, 6.45) is 2.55. The number of nitrogens with two attached hydrogens (primary N) is 1. The van der Waals surface area contributed by atoms with Gasteiger partial charge >= 0.3 is 0 Å². The van der Waals surface area contributed by atoms with Crippen LogP contribution in [0.2, 0.25) is 10.0 Å². The van der Waals surface area contributed by atoms with Crippen molar-refractivity contribution in [3.63, 3.8) is 0 Å². The van der Waals surface area contributed by atoms with E-state index in [-0.39, 0.29) is 30.2 Å². The average molecular weight is 315 g/mol. The average Bonchev–Trinajstić information content (AvgIpc) is 2.83. The third kappa shape index (κ3) is 3.44. The molecule has 0 saturated heterocycles. The van der Waals surface area contributed by atoms with Gasteiger partial charge in [-0.25, -0.2) is 0 Å². The number of carbonyl (C=O) groups excluding carboxylic acids is 2. The largest absolute Gasteiger partial charge is 0.369 e. The van der Waals surface area contributed by atoms with Gasteiger partial charge in [-0.1, -0.05) is 41.8 Å². The van der Waals surface area contributed by atoms with E-state index in [1.807, 2.05) is 0 Å². The Kier molecular flexibility index (Phi) is 4.89. The fraction of sp³-hybridized carbons (Fsp3) is 0.429. The lowest BCUT2D eigenvalue weighted by atomic mass is 10.0. The molecule has 1 aromatic rings. The highest BCUT2D eigenvalue weighted by Gasteiger charge is 2.32. The first-order chi connectivity index (χ1) is 9.49. The molecule has 1 aliphatic carbocycles. The van der Waals surface area contributed by atoms with Gasteiger partial charge in [-0.15, -0.1) is 0 Å². The van der Waals surface area contributed by atoms with Crippen molar-refractivity contribution < 1.29 is 9.59 Å². The zero-order valence-corrected chi connectivity index (χ0v) is 12.4. The Morgan fingerprint density at radius 1 is 1.30 bits per heavy atom. The topological polar surface area (TPSA) is 72.2 Å². The molecule has 2 amide bonds. The molecule has 1 saturated carbocycles. The molecular formula is C14H16Cl2N2O2. The van der Waals surface area contributed by atoms with E-state index in [0.717, 1.165) is 19.3 Å². The minimum Gasteiger partial charge on any atom is -0.369 e. The van der Waals surface area contributed by atoms with E-state index in [0.29, 0.717) is 15.6 Å². The number of halogens is 2. The molecule has 3 N–H and O–H groups in total. The number of carbonyl (C=O) groups is 2. The van der Waals surface area contributed by atoms with Crippen LogP contribution >= 0.6 is 23.2 Å². The first-order valence-corrected chi connectivity index (χ1v) is 7.26. The van der Waals surface area contributed by atoms with Crippen molar-refractivity contribution in [2.45, 2.75) is 31.7 Å². The van der Waals surface area contributed by atoms with Crippen molar-refractivity contribution >= 4 is 35.0 Å². The summed E-state index contributed by atoms with van der Waals surface area (Å²) < 4.78 is 0. The van der Waals surface area contributed by atoms with Crippen LogP contribution in [0.1, 0.15) is 24.8 Å². The van der Waals surface area contributed by atoms with Crippen LogP contribution in [0.15, 0.2) is 18.2 Å². The van der Waals surface area contributed by atoms with E-state index < -0.39 is 0 Å². The normalized spacial score (nSPS) is 21.7. The Morgan fingerprint density at radius 3 is 2.75 bits per heavy atom. The van der Waals surface area contributed by atoms with Gasteiger partial charge in [0.15, 0.2) is 0 Å². The van der Waals surface area contributed by atoms with E-state index >= 15 is 0 Å². The Balaban J connectivity index is 1.99. The van der Waals surface area contributed by atoms with Gasteiger partial charge in [0.25, 0.3) is 0 Å². The van der Waals surface area contributed by atoms with E-state index in [4.69, 9.17) is 28.9 Å². The Morgan fingerprint density at radius 2 is 2.05 bits per heavy atom. The summed E-state index contributed by atoms with van der Waals surface area (Å²) >= 11 is 12.0. The number of primary amides is 1. The fourth-order valence-electron chi connectivity index (χ4n) is 2.59. The highest BCUT2D eigenvalue weighted by atomic mass is 35.5. The standard InChI is InChI=1S/C14H16Cl2N2O2/c15-10-5-1-3-8(13(10)16)7-12(19)18-11-6-2-4-9(11)14(17)20/h1,3,5,9,11H,2,4,6-7H2,(H2,17,20)(H,18,19)/t9-,11+/m1/s1. The summed E-state index contributed by atoms with van der Waals surface area (Å²) in [4.78, 5) is 23.3. The Hall–Kier alpha value is -1.26. The quantitative estimate of drug-likeness (QED) is 0.895. The first kappa shape index (κ1) is 15.1. The van der Waals surface area contributed by atoms with Gasteiger partial charge < -0.3 is 11.1 Å². The summed E-state index contributed by atoms with van der Waals surface area (Å²) in [7, 11) is 0. The maximum absolute atomic E-state index is 12.0. The third-order valence-electron chi connectivity index (χ3n) is 3.61. The predicted octanol–water partition coefficient (Wildman–Crippen LogP) is 2.31. The molecule has 20 heavy (non-hydrogen) atoms. The van der Waals surface area contributed by atoms with Gasteiger partial charge in [0.2, 0.25) is 11.8 Å². The third-order valence-corrected chi connectivity index (χ3v) is 4.47. The lowest BCUT2D eigenvalue weighted by Crippen LogP contribution is -2.42. The van der Waals surface area contributed by atoms with E-state index in [1.165, 1.54) is 0 Å². The highest BCUT2D eigenvalue weighted by Crippen LogP contribution is 2.27. The molecule has 1 aliphatic rings. The van der Waals surface area contributed by atoms with Gasteiger partial charge in [0.05, 0.1) is 22.4 Å². The van der Waals surface area contributed by atoms with Gasteiger partial charge in [0, 0.05) is 6.04 Å². The van der Waals surface area contributed by atoms with Crippen molar-refractivity contribution in [2.75, 3.05) is 0 Å². The van der Waals surface area contributed by atoms with Crippen LogP contribution in [-0.4, -0.2) is 17.9 Å². The van der Waals surface area contributed by atoms with Crippen LogP contribution in [0.25, 0.3) is 0 Å². The minimum atomic E-state index is -0.353. The molecule has 2 atom stereocenters. The molecule has 0 aliphatic heterocycles. The molecule has 1 aromatic carbocycles. The number of hydrogen-bond donors (Lipinski definition) is 2. The van der Waals surface area contributed by atoms with E-state index in [9.17, 15) is 9.59 Å². The fourth-order valence-corrected chi connectivity index (χ4v) is 2.98. The van der Waals surface area contributed by atoms with Crippen LogP contribution < -0.4 is 11.1 Å². The summed E-state index contributed by atoms with van der Waals surface area (Å²) in [5, 5.41) is 3.68. The van der Waals surface area contributed by atoms with Gasteiger partial charge in [-0.2, -0.15) is 0 Å². The second-order valence-electron chi connectivity index (χ2n) is 5.00. The van der Waals surface area contributed by atoms with Crippen LogP contribution in [0.5, 0.6) is 0 Å². The maximum Gasteiger partial charge on any atom is 0.224 e. The molecule has 0 aromatic heterocycles. The van der Waals surface area contributed by atoms with Crippen LogP contribution in [0.3, 0.4) is 0 Å². The van der Waals surface area contributed by atoms with Crippen molar-refractivity contribution in [3.8, 4) is 0 Å². The number of amides is 2. The Labute approximate surface area is 127 Å². The molecule has 0 radical (unpaired) electrons. The molecule has 1 fully saturated rings. The smallest absolute Gasteiger partial charge is 0.224 e. The molecule has 6 heteroatoms. The van der Waals surface area contributed by atoms with Crippen LogP contribution in [0, 0.1) is 5.92 Å². The van der Waals surface area contributed by atoms with Crippen LogP contribution in [-0.2, 0) is 16.0 Å². The van der Waals surface area contributed by atoms with Crippen molar-refractivity contribution in [1.29, 1.82) is 0 Å². The molecule has 0 heterocycles. The van der Waals surface area contributed by atoms with Crippen molar-refractivity contribution in [1.82, 2.24) is 5.32 Å². The Bertz CT molecular complexity index is 534. The summed E-state index contributed by atoms with van der Waals surface area (Å²) in [5.74, 6) is -0.797. The summed E-state index contributed by atoms with van der Waals surface area (Å²) in [6, 6.07) is 5.01. The summed E-state index contributed by atoms with van der Waals surface area (Å²) in [5.41, 5.74) is 6.00. The highest BCUT2D eigenvalue weighted by molar-refractivity contribution is 6.42. The van der Waals surface area contributed by atoms with Gasteiger partial charge in [-0.3, -0.25) is 9.59 Å². The number of hydrogen-bond acceptors (Lipinski definition) is 2. The molecule has 2 rings (SSSR count). The first-order valence-electron chi connectivity index (χ1n) is 6.50. The van der Waals surface area contributed by atoms with Gasteiger partial charge in [-0.05, 0) is 24.5 Å². The second-order valence-corrected chi connectivity index (χ2v) is 5.79. The number of benzene rings is 1. The molecule has 4 nitrogen and oxygen atoms in total. The van der Waals surface area contributed by atoms with Crippen molar-refractivity contribution in [3.05, 3.63) is 33.8 Å². The van der Waals surface area contributed by atoms with Crippen molar-refractivity contribution in [2.24, 2.45) is 11.7 Å². The summed E-state index contributed by atoms with van der Waals surface area (Å²) in [6.45, 7) is 0. The van der Waals surface area contributed by atoms with Crippen LogP contribution in [0.4, 0.5) is 0 Å². The monoisotopic (exact) mass is 314 g/mol. The molecule has 0 spiro atoms. The molecular weight excluding hydrogens is 299 g/mol. The maximum atomic E-state index is 12.0.